The van der Waals surface area contributed by atoms with E-state index in [1.165, 1.54) is 11.8 Å². The molecule has 0 bridgehead atoms. The largest absolute Gasteiger partial charge is 0.337 e. The second-order valence-corrected chi connectivity index (χ2v) is 7.53. The summed E-state index contributed by atoms with van der Waals surface area (Å²) in [5.74, 6) is 1.22. The maximum Gasteiger partial charge on any atom is 0.233 e. The standard InChI is InChI=1S/C17H23ClN4OS/c1-11(2)22(12(3)4)15(23)10-24-17-20-19-16(21(17)5)13-6-8-14(18)9-7-13/h6-9,11-12H,10H2,1-5H3. The molecule has 0 aliphatic carbocycles. The number of nitrogens with zero attached hydrogens (tertiary/aromatic N) is 4. The second kappa shape index (κ2) is 8.03. The molecule has 0 fully saturated rings. The quantitative estimate of drug-likeness (QED) is 0.728. The molecule has 7 heteroatoms. The normalized spacial score (nSPS) is 11.3. The molecule has 5 nitrogen and oxygen atoms in total. The van der Waals surface area contributed by atoms with E-state index in [1.54, 1.807) is 0 Å². The predicted octanol–water partition coefficient (Wildman–Crippen LogP) is 3.87. The minimum Gasteiger partial charge on any atom is -0.337 e. The zero-order valence-electron chi connectivity index (χ0n) is 14.7. The number of halogens is 1. The first kappa shape index (κ1) is 18.8. The molecule has 130 valence electrons. The van der Waals surface area contributed by atoms with Crippen LogP contribution in [0.2, 0.25) is 5.02 Å². The zero-order chi connectivity index (χ0) is 17.9. The molecular weight excluding hydrogens is 344 g/mol. The topological polar surface area (TPSA) is 51.0 Å². The van der Waals surface area contributed by atoms with E-state index in [9.17, 15) is 4.79 Å². The van der Waals surface area contributed by atoms with Crippen LogP contribution in [0.1, 0.15) is 27.7 Å². The van der Waals surface area contributed by atoms with E-state index in [0.717, 1.165) is 16.5 Å². The smallest absolute Gasteiger partial charge is 0.233 e. The van der Waals surface area contributed by atoms with Crippen molar-refractivity contribution in [2.45, 2.75) is 44.9 Å². The Morgan fingerprint density at radius 1 is 1.17 bits per heavy atom. The molecule has 0 radical (unpaired) electrons. The van der Waals surface area contributed by atoms with Crippen LogP contribution in [0.5, 0.6) is 0 Å². The van der Waals surface area contributed by atoms with Crippen LogP contribution in [0.3, 0.4) is 0 Å². The fourth-order valence-electron chi connectivity index (χ4n) is 2.66. The van der Waals surface area contributed by atoms with Crippen LogP contribution in [-0.2, 0) is 11.8 Å². The van der Waals surface area contributed by atoms with Gasteiger partial charge in [-0.1, -0.05) is 23.4 Å². The molecule has 24 heavy (non-hydrogen) atoms. The Morgan fingerprint density at radius 2 is 1.75 bits per heavy atom. The number of amides is 1. The summed E-state index contributed by atoms with van der Waals surface area (Å²) in [6.45, 7) is 8.13. The third-order valence-electron chi connectivity index (χ3n) is 3.66. The third-order valence-corrected chi connectivity index (χ3v) is 4.92. The second-order valence-electron chi connectivity index (χ2n) is 6.15. The van der Waals surface area contributed by atoms with Crippen LogP contribution >= 0.6 is 23.4 Å². The van der Waals surface area contributed by atoms with Crippen molar-refractivity contribution >= 4 is 29.3 Å². The van der Waals surface area contributed by atoms with Gasteiger partial charge in [0.2, 0.25) is 5.91 Å². The Labute approximate surface area is 152 Å². The van der Waals surface area contributed by atoms with E-state index in [1.807, 2.05) is 68.5 Å². The molecule has 0 aliphatic heterocycles. The molecular formula is C17H23ClN4OS. The van der Waals surface area contributed by atoms with Gasteiger partial charge in [0, 0.05) is 29.7 Å². The van der Waals surface area contributed by atoms with E-state index in [2.05, 4.69) is 10.2 Å². The molecule has 0 aliphatic rings. The van der Waals surface area contributed by atoms with Gasteiger partial charge in [0.25, 0.3) is 0 Å². The van der Waals surface area contributed by atoms with Crippen LogP contribution < -0.4 is 0 Å². The number of rotatable bonds is 6. The van der Waals surface area contributed by atoms with E-state index < -0.39 is 0 Å². The van der Waals surface area contributed by atoms with Crippen LogP contribution in [-0.4, -0.2) is 43.4 Å². The van der Waals surface area contributed by atoms with Crippen molar-refractivity contribution in [2.24, 2.45) is 7.05 Å². The summed E-state index contributed by atoms with van der Waals surface area (Å²) in [6.07, 6.45) is 0. The highest BCUT2D eigenvalue weighted by Crippen LogP contribution is 2.24. The van der Waals surface area contributed by atoms with Crippen molar-refractivity contribution in [3.63, 3.8) is 0 Å². The van der Waals surface area contributed by atoms with Gasteiger partial charge in [0.1, 0.15) is 0 Å². The molecule has 0 saturated heterocycles. The van der Waals surface area contributed by atoms with Crippen molar-refractivity contribution in [3.05, 3.63) is 29.3 Å². The number of benzene rings is 1. The fourth-order valence-corrected chi connectivity index (χ4v) is 3.57. The van der Waals surface area contributed by atoms with Crippen molar-refractivity contribution in [3.8, 4) is 11.4 Å². The molecule has 2 rings (SSSR count). The van der Waals surface area contributed by atoms with Gasteiger partial charge in [-0.25, -0.2) is 0 Å². The van der Waals surface area contributed by atoms with Gasteiger partial charge < -0.3 is 9.47 Å². The number of aromatic nitrogens is 3. The average Bonchev–Trinajstić information content (AvgIpc) is 2.86. The maximum atomic E-state index is 12.5. The summed E-state index contributed by atoms with van der Waals surface area (Å²) < 4.78 is 1.90. The first-order chi connectivity index (χ1) is 11.3. The Kier molecular flexibility index (Phi) is 6.29. The van der Waals surface area contributed by atoms with Crippen LogP contribution in [0.25, 0.3) is 11.4 Å². The molecule has 0 spiro atoms. The lowest BCUT2D eigenvalue weighted by Gasteiger charge is -2.30. The molecule has 0 unspecified atom stereocenters. The van der Waals surface area contributed by atoms with Gasteiger partial charge in [-0.2, -0.15) is 0 Å². The number of hydrogen-bond donors (Lipinski definition) is 0. The summed E-state index contributed by atoms with van der Waals surface area (Å²) in [7, 11) is 1.90. The van der Waals surface area contributed by atoms with Crippen molar-refractivity contribution in [1.82, 2.24) is 19.7 Å². The molecule has 1 heterocycles. The Morgan fingerprint density at radius 3 is 2.29 bits per heavy atom. The maximum absolute atomic E-state index is 12.5. The number of carbonyl (C=O) groups is 1. The summed E-state index contributed by atoms with van der Waals surface area (Å²) in [5, 5.41) is 9.85. The van der Waals surface area contributed by atoms with Crippen LogP contribution in [0, 0.1) is 0 Å². The minimum atomic E-state index is 0.112. The van der Waals surface area contributed by atoms with Crippen molar-refractivity contribution < 1.29 is 4.79 Å². The molecule has 0 N–H and O–H groups in total. The molecule has 0 atom stereocenters. The highest BCUT2D eigenvalue weighted by molar-refractivity contribution is 7.99. The van der Waals surface area contributed by atoms with Crippen molar-refractivity contribution in [2.75, 3.05) is 5.75 Å². The van der Waals surface area contributed by atoms with E-state index >= 15 is 0 Å². The Balaban J connectivity index is 2.09. The van der Waals surface area contributed by atoms with Crippen molar-refractivity contribution in [1.29, 1.82) is 0 Å². The highest BCUT2D eigenvalue weighted by atomic mass is 35.5. The Hall–Kier alpha value is -1.53. The first-order valence-corrected chi connectivity index (χ1v) is 9.27. The lowest BCUT2D eigenvalue weighted by atomic mass is 10.2. The minimum absolute atomic E-state index is 0.112. The van der Waals surface area contributed by atoms with Gasteiger partial charge in [0.15, 0.2) is 11.0 Å². The van der Waals surface area contributed by atoms with Gasteiger partial charge >= 0.3 is 0 Å². The zero-order valence-corrected chi connectivity index (χ0v) is 16.2. The molecule has 2 aromatic rings. The molecule has 0 saturated carbocycles. The van der Waals surface area contributed by atoms with E-state index in [4.69, 9.17) is 11.6 Å². The summed E-state index contributed by atoms with van der Waals surface area (Å²) >= 11 is 7.33. The third kappa shape index (κ3) is 4.30. The molecule has 1 aromatic carbocycles. The van der Waals surface area contributed by atoms with Gasteiger partial charge in [-0.05, 0) is 52.0 Å². The van der Waals surface area contributed by atoms with E-state index in [0.29, 0.717) is 10.8 Å². The monoisotopic (exact) mass is 366 g/mol. The number of hydrogen-bond acceptors (Lipinski definition) is 4. The fraction of sp³-hybridized carbons (Fsp3) is 0.471. The van der Waals surface area contributed by atoms with Crippen LogP contribution in [0.4, 0.5) is 0 Å². The highest BCUT2D eigenvalue weighted by Gasteiger charge is 2.21. The average molecular weight is 367 g/mol. The van der Waals surface area contributed by atoms with Crippen LogP contribution in [0.15, 0.2) is 29.4 Å². The SMILES string of the molecule is CC(C)N(C(=O)CSc1nnc(-c2ccc(Cl)cc2)n1C)C(C)C. The number of carbonyl (C=O) groups excluding carboxylic acids is 1. The first-order valence-electron chi connectivity index (χ1n) is 7.90. The summed E-state index contributed by atoms with van der Waals surface area (Å²) in [5.41, 5.74) is 0.943. The predicted molar refractivity (Wildman–Crippen MR) is 99.3 cm³/mol. The molecule has 1 aromatic heterocycles. The molecule has 1 amide bonds. The van der Waals surface area contributed by atoms with Gasteiger partial charge in [-0.15, -0.1) is 10.2 Å². The van der Waals surface area contributed by atoms with E-state index in [-0.39, 0.29) is 18.0 Å². The Bertz CT molecular complexity index is 689. The summed E-state index contributed by atoms with van der Waals surface area (Å²) in [6, 6.07) is 7.83. The lowest BCUT2D eigenvalue weighted by Crippen LogP contribution is -2.43. The lowest BCUT2D eigenvalue weighted by molar-refractivity contribution is -0.131. The number of thioether (sulfide) groups is 1. The van der Waals surface area contributed by atoms with Gasteiger partial charge in [-0.3, -0.25) is 4.79 Å². The summed E-state index contributed by atoms with van der Waals surface area (Å²) in [4.78, 5) is 14.4. The van der Waals surface area contributed by atoms with Gasteiger partial charge in [0.05, 0.1) is 5.75 Å².